The Bertz CT molecular complexity index is 2470. The number of aromatic nitrogens is 5. The summed E-state index contributed by atoms with van der Waals surface area (Å²) in [6, 6.07) is 30.5. The van der Waals surface area contributed by atoms with E-state index < -0.39 is 31.2 Å². The van der Waals surface area contributed by atoms with Crippen LogP contribution in [0.2, 0.25) is 0 Å². The average molecular weight is 1180 g/mol. The van der Waals surface area contributed by atoms with E-state index in [4.69, 9.17) is 4.98 Å². The predicted molar refractivity (Wildman–Crippen MR) is 214 cm³/mol. The number of pyridine rings is 5. The summed E-state index contributed by atoms with van der Waals surface area (Å²) in [7, 11) is -42.6. The van der Waals surface area contributed by atoms with E-state index in [1.54, 1.807) is 0 Å². The molecule has 390 valence electrons. The zero-order chi connectivity index (χ0) is 53.2. The van der Waals surface area contributed by atoms with Gasteiger partial charge in [0.25, 0.3) is 0 Å². The van der Waals surface area contributed by atoms with E-state index in [0.29, 0.717) is 0 Å². The molecule has 0 amide bonds. The number of benzene rings is 1. The van der Waals surface area contributed by atoms with Crippen molar-refractivity contribution in [2.24, 2.45) is 0 Å². The average Bonchev–Trinajstić information content (AvgIpc) is 3.07. The second-order valence-electron chi connectivity index (χ2n) is 14.5. The first kappa shape index (κ1) is 58.8. The summed E-state index contributed by atoms with van der Waals surface area (Å²) in [5.74, 6) is 0. The molecule has 0 saturated heterocycles. The molecule has 0 fully saturated rings. The maximum atomic E-state index is 9.87. The molecule has 12 bridgehead atoms. The van der Waals surface area contributed by atoms with Crippen LogP contribution in [-0.4, -0.2) is 4.98 Å². The van der Waals surface area contributed by atoms with Crippen LogP contribution in [0.25, 0.3) is 22.3 Å². The minimum atomic E-state index is -10.7. The molecule has 0 aliphatic carbocycles. The third-order valence-corrected chi connectivity index (χ3v) is 7.99. The van der Waals surface area contributed by atoms with Crippen molar-refractivity contribution in [2.75, 3.05) is 0 Å². The molecule has 0 spiro atoms. The van der Waals surface area contributed by atoms with E-state index in [9.17, 15) is 101 Å². The van der Waals surface area contributed by atoms with Gasteiger partial charge in [-0.2, -0.15) is 9.13 Å². The first-order valence-corrected chi connectivity index (χ1v) is 26.8. The van der Waals surface area contributed by atoms with Crippen LogP contribution < -0.4 is 18.3 Å². The molecule has 6 aromatic rings. The number of halogens is 25. The second-order valence-corrected chi connectivity index (χ2v) is 23.0. The van der Waals surface area contributed by atoms with Crippen LogP contribution in [0.15, 0.2) is 139 Å². The van der Waals surface area contributed by atoms with Crippen LogP contribution in [0.1, 0.15) is 22.5 Å². The molecule has 0 unspecified atom stereocenters. The fourth-order valence-corrected chi connectivity index (χ4v) is 6.01. The van der Waals surface area contributed by atoms with Gasteiger partial charge in [-0.25, -0.2) is 14.1 Å². The zero-order valence-electron chi connectivity index (χ0n) is 33.5. The molecule has 5 aromatic heterocycles. The van der Waals surface area contributed by atoms with Gasteiger partial charge in [0.05, 0.1) is 0 Å². The Morgan fingerprint density at radius 2 is 0.522 bits per heavy atom. The van der Waals surface area contributed by atoms with Gasteiger partial charge in [0.1, 0.15) is 11.4 Å². The summed E-state index contributed by atoms with van der Waals surface area (Å²) in [4.78, 5) is 4.94. The molecule has 0 radical (unpaired) electrons. The van der Waals surface area contributed by atoms with Crippen LogP contribution in [0.4, 0.5) is 101 Å². The molecule has 7 aliphatic heterocycles. The van der Waals surface area contributed by atoms with E-state index in [1.807, 2.05) is 0 Å². The van der Waals surface area contributed by atoms with Gasteiger partial charge in [-0.05, 0) is 52.6 Å². The van der Waals surface area contributed by atoms with E-state index >= 15 is 0 Å². The third-order valence-electron chi connectivity index (χ3n) is 7.53. The van der Waals surface area contributed by atoms with Crippen LogP contribution in [-0.2, 0) is 26.2 Å². The van der Waals surface area contributed by atoms with Gasteiger partial charge in [0.2, 0.25) is 0 Å². The summed E-state index contributed by atoms with van der Waals surface area (Å²) >= 11 is 3.74. The molecule has 1 aromatic carbocycles. The summed E-state index contributed by atoms with van der Waals surface area (Å²) in [6.07, 6.45) is 17.2. The van der Waals surface area contributed by atoms with Gasteiger partial charge in [-0.15, -0.1) is 0 Å². The molecular formula is C35H30BrF24N5P4. The van der Waals surface area contributed by atoms with Gasteiger partial charge in [0, 0.05) is 64.1 Å². The van der Waals surface area contributed by atoms with Crippen molar-refractivity contribution in [3.8, 4) is 22.3 Å². The Kier molecular flexibility index (Phi) is 14.3. The van der Waals surface area contributed by atoms with E-state index in [2.05, 4.69) is 169 Å². The molecule has 13 rings (SSSR count). The molecule has 12 heterocycles. The van der Waals surface area contributed by atoms with Crippen LogP contribution >= 0.6 is 47.2 Å². The Hall–Kier alpha value is -4.51. The van der Waals surface area contributed by atoms with Gasteiger partial charge < -0.3 is 0 Å². The molecule has 0 saturated carbocycles. The maximum absolute atomic E-state index is 10.7. The summed E-state index contributed by atoms with van der Waals surface area (Å²) in [6.45, 7) is 3.08. The fourth-order valence-electron chi connectivity index (χ4n) is 5.42. The molecule has 5 nitrogen and oxygen atoms in total. The molecule has 7 aliphatic rings. The molecule has 69 heavy (non-hydrogen) atoms. The third kappa shape index (κ3) is 36.1. The van der Waals surface area contributed by atoms with E-state index in [0.717, 1.165) is 42.0 Å². The van der Waals surface area contributed by atoms with Crippen molar-refractivity contribution in [3.05, 3.63) is 161 Å². The second kappa shape index (κ2) is 16.8. The minimum absolute atomic E-state index is 0.731. The van der Waals surface area contributed by atoms with Crippen molar-refractivity contribution in [3.63, 3.8) is 0 Å². The van der Waals surface area contributed by atoms with E-state index in [-0.39, 0.29) is 0 Å². The van der Waals surface area contributed by atoms with Gasteiger partial charge in [0.15, 0.2) is 75.8 Å². The SMILES string of the molecule is Brc1cc2cc(c1)C[n+]1ccc(cc1)-c1cc[n+](cc1)Cc1cccc(n1)C[n+]1ccc(cc1)-c1cc[n+](cc1)C2.F[P-](F)(F)(F)(F)F.F[P-](F)(F)(F)(F)F.F[P-](F)(F)(F)(F)F.F[P-](F)(F)(F)(F)F. The van der Waals surface area contributed by atoms with Crippen molar-refractivity contribution < 1.29 is 119 Å². The normalized spacial score (nSPS) is 16.9. The Labute approximate surface area is 380 Å². The summed E-state index contributed by atoms with van der Waals surface area (Å²) in [5, 5.41) is 0. The number of nitrogens with zero attached hydrogens (tertiary/aromatic N) is 5. The van der Waals surface area contributed by atoms with Gasteiger partial charge >= 0.3 is 132 Å². The topological polar surface area (TPSA) is 28.4 Å². The van der Waals surface area contributed by atoms with Crippen molar-refractivity contribution in [1.29, 1.82) is 0 Å². The van der Waals surface area contributed by atoms with Crippen LogP contribution in [0, 0.1) is 0 Å². The van der Waals surface area contributed by atoms with Crippen molar-refractivity contribution >= 4 is 47.2 Å². The summed E-state index contributed by atoms with van der Waals surface area (Å²) < 4.78 is 247. The fraction of sp³-hybridized carbons (Fsp3) is 0.114. The molecular weight excluding hydrogens is 1150 g/mol. The predicted octanol–water partition coefficient (Wildman–Crippen LogP) is 18.4. The van der Waals surface area contributed by atoms with Crippen LogP contribution in [0.3, 0.4) is 0 Å². The zero-order valence-corrected chi connectivity index (χ0v) is 38.7. The Morgan fingerprint density at radius 1 is 0.319 bits per heavy atom. The molecule has 34 heteroatoms. The standard InChI is InChI=1S/C35H30BrN5.4F6P/c36-33-21-27-20-28(22-33)24-39-14-6-30(7-15-39)32-10-18-41(19-11-32)26-35-3-1-2-34(37-35)25-40-16-8-31(9-17-40)29-4-12-38(23-27)13-5-29;4*1-7(2,3,4,5)6/h1-22H,23-26H2;;;;/q+4;4*-1. The quantitative estimate of drug-likeness (QED) is 0.0845. The van der Waals surface area contributed by atoms with Gasteiger partial charge in [-0.1, -0.05) is 22.0 Å². The van der Waals surface area contributed by atoms with Crippen molar-refractivity contribution in [1.82, 2.24) is 4.98 Å². The Balaban J connectivity index is 0.000000367. The van der Waals surface area contributed by atoms with Gasteiger partial charge in [-0.3, -0.25) is 0 Å². The number of hydrogen-bond acceptors (Lipinski definition) is 1. The number of hydrogen-bond donors (Lipinski definition) is 0. The molecule has 0 N–H and O–H groups in total. The monoisotopic (exact) mass is 1180 g/mol. The first-order valence-electron chi connectivity index (χ1n) is 17.9. The number of rotatable bonds is 0. The summed E-state index contributed by atoms with van der Waals surface area (Å²) in [5.41, 5.74) is 9.43. The van der Waals surface area contributed by atoms with Crippen molar-refractivity contribution in [2.45, 2.75) is 26.2 Å². The van der Waals surface area contributed by atoms with Crippen LogP contribution in [0.5, 0.6) is 0 Å². The molecule has 0 atom stereocenters. The first-order chi connectivity index (χ1) is 29.9. The Morgan fingerprint density at radius 3 is 0.739 bits per heavy atom. The van der Waals surface area contributed by atoms with E-state index in [1.165, 1.54) is 33.4 Å².